The smallest absolute Gasteiger partial charge is 0.115 e. The molecule has 4 heteroatoms. The second kappa shape index (κ2) is 7.28. The van der Waals surface area contributed by atoms with E-state index in [1.807, 2.05) is 36.4 Å². The highest BCUT2D eigenvalue weighted by Gasteiger charge is 2.53. The van der Waals surface area contributed by atoms with Crippen LogP contribution >= 0.6 is 11.6 Å². The van der Waals surface area contributed by atoms with Crippen LogP contribution in [0.15, 0.2) is 52.7 Å². The number of halogens is 1. The van der Waals surface area contributed by atoms with Crippen molar-refractivity contribution < 1.29 is 5.11 Å². The molecule has 0 radical (unpaired) electrons. The quantitative estimate of drug-likeness (QED) is 0.456. The van der Waals surface area contributed by atoms with E-state index in [-0.39, 0.29) is 5.41 Å². The van der Waals surface area contributed by atoms with Crippen molar-refractivity contribution in [3.05, 3.63) is 64.2 Å². The molecule has 5 rings (SSSR count). The van der Waals surface area contributed by atoms with E-state index in [1.54, 1.807) is 6.21 Å². The maximum absolute atomic E-state index is 9.85. The first-order valence-corrected chi connectivity index (χ1v) is 11.1. The zero-order valence-electron chi connectivity index (χ0n) is 16.8. The average Bonchev–Trinajstić information content (AvgIpc) is 3.05. The van der Waals surface area contributed by atoms with Crippen molar-refractivity contribution in [2.24, 2.45) is 27.5 Å². The number of hydrogen-bond donors (Lipinski definition) is 1. The molecule has 0 amide bonds. The standard InChI is InChI=1S/C25H27ClN2O/c1-25-13-12-20-19-9-7-18(29)14-16(19)6-8-21(20)22(25)10-11-24(25)28-27-15-17-4-2-3-5-23(17)26/h2-5,7,9,14-15,20-22,29H,6,8,10-13H2,1H3. The minimum absolute atomic E-state index is 0.160. The summed E-state index contributed by atoms with van der Waals surface area (Å²) in [5.74, 6) is 2.42. The molecule has 2 fully saturated rings. The molecule has 0 heterocycles. The van der Waals surface area contributed by atoms with Gasteiger partial charge in [0.1, 0.15) is 5.75 Å². The summed E-state index contributed by atoms with van der Waals surface area (Å²) in [6.45, 7) is 2.41. The van der Waals surface area contributed by atoms with Crippen molar-refractivity contribution in [2.75, 3.05) is 0 Å². The lowest BCUT2D eigenvalue weighted by Crippen LogP contribution is -2.42. The first kappa shape index (κ1) is 18.9. The molecule has 1 N–H and O–H groups in total. The number of aromatic hydroxyl groups is 1. The molecule has 2 saturated carbocycles. The number of rotatable bonds is 2. The van der Waals surface area contributed by atoms with Crippen LogP contribution in [0, 0.1) is 17.3 Å². The van der Waals surface area contributed by atoms with Crippen LogP contribution in [0.25, 0.3) is 0 Å². The van der Waals surface area contributed by atoms with E-state index in [9.17, 15) is 5.11 Å². The van der Waals surface area contributed by atoms with Gasteiger partial charge in [-0.15, -0.1) is 0 Å². The van der Waals surface area contributed by atoms with Gasteiger partial charge in [-0.3, -0.25) is 0 Å². The van der Waals surface area contributed by atoms with E-state index < -0.39 is 0 Å². The van der Waals surface area contributed by atoms with Crippen LogP contribution < -0.4 is 0 Å². The topological polar surface area (TPSA) is 45.0 Å². The minimum Gasteiger partial charge on any atom is -0.508 e. The first-order valence-electron chi connectivity index (χ1n) is 10.7. The number of phenolic OH excluding ortho intramolecular Hbond substituents is 1. The molecule has 2 aromatic rings. The molecule has 0 spiro atoms. The molecule has 3 aliphatic rings. The Bertz CT molecular complexity index is 998. The van der Waals surface area contributed by atoms with E-state index in [0.29, 0.717) is 28.5 Å². The van der Waals surface area contributed by atoms with Gasteiger partial charge in [-0.2, -0.15) is 10.2 Å². The number of phenols is 1. The third kappa shape index (κ3) is 3.20. The van der Waals surface area contributed by atoms with Gasteiger partial charge >= 0.3 is 0 Å². The predicted octanol–water partition coefficient (Wildman–Crippen LogP) is 6.38. The fraction of sp³-hybridized carbons (Fsp3) is 0.440. The fourth-order valence-electron chi connectivity index (χ4n) is 6.26. The molecule has 0 bridgehead atoms. The summed E-state index contributed by atoms with van der Waals surface area (Å²) in [7, 11) is 0. The summed E-state index contributed by atoms with van der Waals surface area (Å²) in [5, 5.41) is 19.7. The first-order chi connectivity index (χ1) is 14.1. The lowest BCUT2D eigenvalue weighted by molar-refractivity contribution is 0.0955. The molecule has 3 nitrogen and oxygen atoms in total. The molecule has 0 saturated heterocycles. The van der Waals surface area contributed by atoms with Crippen molar-refractivity contribution in [2.45, 2.75) is 51.4 Å². The normalized spacial score (nSPS) is 32.2. The van der Waals surface area contributed by atoms with Crippen molar-refractivity contribution in [3.8, 4) is 5.75 Å². The van der Waals surface area contributed by atoms with Crippen molar-refractivity contribution in [1.82, 2.24) is 0 Å². The molecular formula is C25H27ClN2O. The second-order valence-corrected chi connectivity index (χ2v) is 9.51. The number of nitrogens with zero attached hydrogens (tertiary/aromatic N) is 2. The summed E-state index contributed by atoms with van der Waals surface area (Å²) in [5.41, 5.74) is 5.16. The highest BCUT2D eigenvalue weighted by molar-refractivity contribution is 6.33. The van der Waals surface area contributed by atoms with Crippen LogP contribution in [0.4, 0.5) is 0 Å². The van der Waals surface area contributed by atoms with Gasteiger partial charge in [-0.25, -0.2) is 0 Å². The Morgan fingerprint density at radius 2 is 1.97 bits per heavy atom. The van der Waals surface area contributed by atoms with Gasteiger partial charge in [-0.05, 0) is 85.6 Å². The summed E-state index contributed by atoms with van der Waals surface area (Å²) in [6.07, 6.45) is 8.70. The second-order valence-electron chi connectivity index (χ2n) is 9.11. The van der Waals surface area contributed by atoms with E-state index in [1.165, 1.54) is 42.5 Å². The highest BCUT2D eigenvalue weighted by atomic mass is 35.5. The molecule has 29 heavy (non-hydrogen) atoms. The highest BCUT2D eigenvalue weighted by Crippen LogP contribution is 2.60. The molecule has 4 atom stereocenters. The maximum atomic E-state index is 9.85. The zero-order valence-corrected chi connectivity index (χ0v) is 17.6. The summed E-state index contributed by atoms with van der Waals surface area (Å²) >= 11 is 6.23. The molecule has 3 aliphatic carbocycles. The van der Waals surface area contributed by atoms with E-state index in [0.717, 1.165) is 18.4 Å². The summed E-state index contributed by atoms with van der Waals surface area (Å²) in [6, 6.07) is 13.7. The largest absolute Gasteiger partial charge is 0.508 e. The minimum atomic E-state index is 0.160. The van der Waals surface area contributed by atoms with E-state index in [4.69, 9.17) is 16.7 Å². The fourth-order valence-corrected chi connectivity index (χ4v) is 6.45. The van der Waals surface area contributed by atoms with Crippen LogP contribution in [-0.2, 0) is 6.42 Å². The molecule has 0 aliphatic heterocycles. The third-order valence-electron chi connectivity index (χ3n) is 7.73. The number of hydrogen-bond acceptors (Lipinski definition) is 3. The SMILES string of the molecule is CC12CCC3c4ccc(O)cc4CCC3C1CCC2=NN=Cc1ccccc1Cl. The van der Waals surface area contributed by atoms with E-state index >= 15 is 0 Å². The number of benzene rings is 2. The van der Waals surface area contributed by atoms with Crippen LogP contribution in [-0.4, -0.2) is 17.0 Å². The zero-order chi connectivity index (χ0) is 20.0. The van der Waals surface area contributed by atoms with Gasteiger partial charge < -0.3 is 5.11 Å². The van der Waals surface area contributed by atoms with Gasteiger partial charge in [0.15, 0.2) is 0 Å². The Kier molecular flexibility index (Phi) is 4.74. The van der Waals surface area contributed by atoms with Crippen molar-refractivity contribution in [1.29, 1.82) is 0 Å². The molecular weight excluding hydrogens is 380 g/mol. The number of fused-ring (bicyclic) bond motifs is 5. The number of aryl methyl sites for hydroxylation is 1. The Morgan fingerprint density at radius 1 is 1.10 bits per heavy atom. The van der Waals surface area contributed by atoms with Gasteiger partial charge in [0.2, 0.25) is 0 Å². The van der Waals surface area contributed by atoms with Crippen molar-refractivity contribution >= 4 is 23.5 Å². The van der Waals surface area contributed by atoms with Gasteiger partial charge in [0.25, 0.3) is 0 Å². The monoisotopic (exact) mass is 406 g/mol. The Labute approximate surface area is 177 Å². The summed E-state index contributed by atoms with van der Waals surface area (Å²) in [4.78, 5) is 0. The molecule has 0 aromatic heterocycles. The van der Waals surface area contributed by atoms with Gasteiger partial charge in [0.05, 0.1) is 6.21 Å². The average molecular weight is 407 g/mol. The van der Waals surface area contributed by atoms with Crippen LogP contribution in [0.3, 0.4) is 0 Å². The summed E-state index contributed by atoms with van der Waals surface area (Å²) < 4.78 is 0. The molecule has 2 aromatic carbocycles. The van der Waals surface area contributed by atoms with Crippen LogP contribution in [0.2, 0.25) is 5.02 Å². The molecule has 4 unspecified atom stereocenters. The predicted molar refractivity (Wildman–Crippen MR) is 119 cm³/mol. The lowest BCUT2D eigenvalue weighted by atomic mass is 9.55. The van der Waals surface area contributed by atoms with Crippen LogP contribution in [0.5, 0.6) is 5.75 Å². The Morgan fingerprint density at radius 3 is 2.83 bits per heavy atom. The Hall–Kier alpha value is -2.13. The molecule has 150 valence electrons. The lowest BCUT2D eigenvalue weighted by Gasteiger charge is -2.49. The maximum Gasteiger partial charge on any atom is 0.115 e. The third-order valence-corrected chi connectivity index (χ3v) is 8.08. The van der Waals surface area contributed by atoms with E-state index in [2.05, 4.69) is 18.1 Å². The van der Waals surface area contributed by atoms with Gasteiger partial charge in [0, 0.05) is 21.7 Å². The van der Waals surface area contributed by atoms with Crippen molar-refractivity contribution in [3.63, 3.8) is 0 Å². The van der Waals surface area contributed by atoms with Gasteiger partial charge in [-0.1, -0.05) is 42.8 Å². The van der Waals surface area contributed by atoms with Crippen LogP contribution in [0.1, 0.15) is 61.6 Å². The Balaban J connectivity index is 1.39.